The number of benzene rings is 1. The van der Waals surface area contributed by atoms with Gasteiger partial charge in [0.15, 0.2) is 0 Å². The number of hydrogen-bond donors (Lipinski definition) is 1. The van der Waals surface area contributed by atoms with Crippen molar-refractivity contribution in [1.82, 2.24) is 14.5 Å². The normalized spacial score (nSPS) is 11.1. The molecule has 0 aliphatic rings. The number of rotatable bonds is 1. The number of aromatic nitrogens is 3. The molecule has 2 aromatic heterocycles. The molecule has 1 aromatic carbocycles. The van der Waals surface area contributed by atoms with Crippen LogP contribution in [0.5, 0.6) is 0 Å². The zero-order valence-electron chi connectivity index (χ0n) is 9.08. The van der Waals surface area contributed by atoms with Crippen LogP contribution >= 0.6 is 0 Å². The van der Waals surface area contributed by atoms with Crippen molar-refractivity contribution in [3.63, 3.8) is 0 Å². The predicted molar refractivity (Wildman–Crippen MR) is 63.0 cm³/mol. The van der Waals surface area contributed by atoms with Gasteiger partial charge >= 0.3 is 5.97 Å². The molecule has 84 valence electrons. The molecule has 1 N–H and O–H groups in total. The zero-order valence-corrected chi connectivity index (χ0v) is 9.08. The van der Waals surface area contributed by atoms with E-state index in [0.717, 1.165) is 16.3 Å². The van der Waals surface area contributed by atoms with Crippen molar-refractivity contribution in [2.45, 2.75) is 0 Å². The summed E-state index contributed by atoms with van der Waals surface area (Å²) in [5.41, 5.74) is 1.65. The van der Waals surface area contributed by atoms with Crippen molar-refractivity contribution in [2.24, 2.45) is 7.05 Å². The fourth-order valence-corrected chi connectivity index (χ4v) is 2.03. The molecule has 0 aliphatic carbocycles. The molecular weight excluding hydrogens is 218 g/mol. The maximum Gasteiger partial charge on any atom is 0.374 e. The van der Waals surface area contributed by atoms with Crippen LogP contribution in [0.3, 0.4) is 0 Å². The van der Waals surface area contributed by atoms with Gasteiger partial charge in [-0.05, 0) is 6.07 Å². The molecule has 5 nitrogen and oxygen atoms in total. The molecular formula is C12H9N3O2. The van der Waals surface area contributed by atoms with Gasteiger partial charge in [0.2, 0.25) is 5.82 Å². The van der Waals surface area contributed by atoms with E-state index >= 15 is 0 Å². The summed E-state index contributed by atoms with van der Waals surface area (Å²) in [5, 5.41) is 10.8. The van der Waals surface area contributed by atoms with E-state index in [2.05, 4.69) is 9.97 Å². The Morgan fingerprint density at radius 1 is 1.29 bits per heavy atom. The average Bonchev–Trinajstić information content (AvgIpc) is 2.64. The highest BCUT2D eigenvalue weighted by Crippen LogP contribution is 2.25. The minimum absolute atomic E-state index is 0.177. The first kappa shape index (κ1) is 9.77. The van der Waals surface area contributed by atoms with Crippen LogP contribution in [0, 0.1) is 0 Å². The van der Waals surface area contributed by atoms with Crippen LogP contribution in [0.15, 0.2) is 30.5 Å². The number of fused-ring (bicyclic) bond motifs is 3. The first-order chi connectivity index (χ1) is 8.18. The molecule has 5 heteroatoms. The molecule has 0 spiro atoms. The summed E-state index contributed by atoms with van der Waals surface area (Å²) in [5.74, 6) is -1.29. The third-order valence-corrected chi connectivity index (χ3v) is 2.83. The maximum atomic E-state index is 10.8. The summed E-state index contributed by atoms with van der Waals surface area (Å²) in [6.07, 6.45) is 1.56. The van der Waals surface area contributed by atoms with Crippen molar-refractivity contribution >= 4 is 27.9 Å². The Morgan fingerprint density at radius 3 is 2.82 bits per heavy atom. The second-order valence-corrected chi connectivity index (χ2v) is 3.81. The Kier molecular flexibility index (Phi) is 1.89. The van der Waals surface area contributed by atoms with Gasteiger partial charge in [-0.15, -0.1) is 0 Å². The largest absolute Gasteiger partial charge is 0.475 e. The molecule has 3 aromatic rings. The van der Waals surface area contributed by atoms with Crippen LogP contribution in [-0.2, 0) is 7.05 Å². The van der Waals surface area contributed by atoms with Crippen molar-refractivity contribution in [3.05, 3.63) is 36.3 Å². The lowest BCUT2D eigenvalue weighted by Crippen LogP contribution is -2.04. The highest BCUT2D eigenvalue weighted by Gasteiger charge is 2.13. The summed E-state index contributed by atoms with van der Waals surface area (Å²) < 4.78 is 1.87. The summed E-state index contributed by atoms with van der Waals surface area (Å²) in [6, 6.07) is 7.82. The van der Waals surface area contributed by atoms with Gasteiger partial charge < -0.3 is 9.67 Å². The van der Waals surface area contributed by atoms with Crippen molar-refractivity contribution in [1.29, 1.82) is 0 Å². The molecule has 2 heterocycles. The molecule has 3 rings (SSSR count). The van der Waals surface area contributed by atoms with E-state index in [9.17, 15) is 4.79 Å². The Morgan fingerprint density at radius 2 is 2.06 bits per heavy atom. The van der Waals surface area contributed by atoms with E-state index in [-0.39, 0.29) is 5.82 Å². The quantitative estimate of drug-likeness (QED) is 0.688. The summed E-state index contributed by atoms with van der Waals surface area (Å²) in [4.78, 5) is 18.7. The highest BCUT2D eigenvalue weighted by molar-refractivity contribution is 6.06. The molecule has 0 atom stereocenters. The standard InChI is InChI=1S/C12H9N3O2/c1-15-9-5-3-2-4-7(9)8-6-13-10(12(16)17)14-11(8)15/h2-6H,1H3,(H,16,17). The van der Waals surface area contributed by atoms with Crippen molar-refractivity contribution in [2.75, 3.05) is 0 Å². The van der Waals surface area contributed by atoms with Crippen LogP contribution in [0.1, 0.15) is 10.6 Å². The molecule has 0 fully saturated rings. The van der Waals surface area contributed by atoms with E-state index in [1.165, 1.54) is 0 Å². The van der Waals surface area contributed by atoms with Crippen molar-refractivity contribution in [3.8, 4) is 0 Å². The van der Waals surface area contributed by atoms with Crippen LogP contribution in [0.2, 0.25) is 0 Å². The Hall–Kier alpha value is -2.43. The number of carboxylic acids is 1. The van der Waals surface area contributed by atoms with Crippen LogP contribution in [0.25, 0.3) is 21.9 Å². The van der Waals surface area contributed by atoms with Crippen LogP contribution < -0.4 is 0 Å². The molecule has 0 saturated carbocycles. The van der Waals surface area contributed by atoms with Crippen molar-refractivity contribution < 1.29 is 9.90 Å². The molecule has 0 radical (unpaired) electrons. The van der Waals surface area contributed by atoms with Gasteiger partial charge in [0.1, 0.15) is 5.65 Å². The molecule has 17 heavy (non-hydrogen) atoms. The lowest BCUT2D eigenvalue weighted by Gasteiger charge is -1.97. The van der Waals surface area contributed by atoms with E-state index < -0.39 is 5.97 Å². The number of carbonyl (C=O) groups is 1. The summed E-state index contributed by atoms with van der Waals surface area (Å²) in [6.45, 7) is 0. The third-order valence-electron chi connectivity index (χ3n) is 2.83. The minimum Gasteiger partial charge on any atom is -0.475 e. The summed E-state index contributed by atoms with van der Waals surface area (Å²) in [7, 11) is 1.86. The smallest absolute Gasteiger partial charge is 0.374 e. The molecule has 0 unspecified atom stereocenters. The van der Waals surface area contributed by atoms with Crippen LogP contribution in [0.4, 0.5) is 0 Å². The minimum atomic E-state index is -1.11. The average molecular weight is 227 g/mol. The van der Waals surface area contributed by atoms with Crippen LogP contribution in [-0.4, -0.2) is 25.6 Å². The fraction of sp³-hybridized carbons (Fsp3) is 0.0833. The summed E-state index contributed by atoms with van der Waals surface area (Å²) >= 11 is 0. The number of aromatic carboxylic acids is 1. The van der Waals surface area contributed by atoms with Gasteiger partial charge in [-0.1, -0.05) is 18.2 Å². The Balaban J connectivity index is 2.49. The highest BCUT2D eigenvalue weighted by atomic mass is 16.4. The molecule has 0 bridgehead atoms. The first-order valence-electron chi connectivity index (χ1n) is 5.12. The zero-order chi connectivity index (χ0) is 12.0. The Bertz CT molecular complexity index is 746. The Labute approximate surface area is 96.3 Å². The number of hydrogen-bond acceptors (Lipinski definition) is 3. The van der Waals surface area contributed by atoms with E-state index in [1.54, 1.807) is 6.20 Å². The lowest BCUT2D eigenvalue weighted by molar-refractivity contribution is 0.0684. The molecule has 0 saturated heterocycles. The first-order valence-corrected chi connectivity index (χ1v) is 5.12. The topological polar surface area (TPSA) is 68.0 Å². The fourth-order valence-electron chi connectivity index (χ4n) is 2.03. The predicted octanol–water partition coefficient (Wildman–Crippen LogP) is 1.82. The number of aryl methyl sites for hydroxylation is 1. The number of carboxylic acid groups (broad SMARTS) is 1. The third kappa shape index (κ3) is 1.29. The number of nitrogens with zero attached hydrogens (tertiary/aromatic N) is 3. The molecule has 0 amide bonds. The van der Waals surface area contributed by atoms with Gasteiger partial charge in [0, 0.05) is 24.0 Å². The van der Waals surface area contributed by atoms with E-state index in [1.807, 2.05) is 35.9 Å². The second kappa shape index (κ2) is 3.28. The lowest BCUT2D eigenvalue weighted by atomic mass is 10.2. The molecule has 0 aliphatic heterocycles. The van der Waals surface area contributed by atoms with Gasteiger partial charge in [-0.2, -0.15) is 0 Å². The van der Waals surface area contributed by atoms with Gasteiger partial charge in [0.25, 0.3) is 0 Å². The van der Waals surface area contributed by atoms with Gasteiger partial charge in [-0.25, -0.2) is 14.8 Å². The van der Waals surface area contributed by atoms with E-state index in [0.29, 0.717) is 5.65 Å². The SMILES string of the molecule is Cn1c2ccccc2c2cnc(C(=O)O)nc21. The monoisotopic (exact) mass is 227 g/mol. The van der Waals surface area contributed by atoms with Gasteiger partial charge in [0.05, 0.1) is 5.52 Å². The second-order valence-electron chi connectivity index (χ2n) is 3.81. The van der Waals surface area contributed by atoms with E-state index in [4.69, 9.17) is 5.11 Å². The van der Waals surface area contributed by atoms with Gasteiger partial charge in [-0.3, -0.25) is 0 Å². The number of para-hydroxylation sites is 1. The maximum absolute atomic E-state index is 10.8.